The molecular weight excluding hydrogens is 266 g/mol. The van der Waals surface area contributed by atoms with Crippen LogP contribution in [-0.2, 0) is 16.6 Å². The molecule has 1 amide bonds. The summed E-state index contributed by atoms with van der Waals surface area (Å²) in [7, 11) is 0. The lowest BCUT2D eigenvalue weighted by Crippen LogP contribution is -2.38. The van der Waals surface area contributed by atoms with E-state index in [2.05, 4.69) is 22.4 Å². The van der Waals surface area contributed by atoms with Crippen molar-refractivity contribution in [1.82, 2.24) is 15.5 Å². The number of nitrogens with zero attached hydrogens (tertiary/aromatic N) is 2. The van der Waals surface area contributed by atoms with Crippen LogP contribution in [-0.4, -0.2) is 22.1 Å². The number of amides is 1. The van der Waals surface area contributed by atoms with Crippen LogP contribution in [0.4, 0.5) is 0 Å². The second-order valence-electron chi connectivity index (χ2n) is 7.30. The molecule has 1 fully saturated rings. The van der Waals surface area contributed by atoms with E-state index in [9.17, 15) is 4.79 Å². The van der Waals surface area contributed by atoms with E-state index in [1.165, 1.54) is 12.8 Å². The summed E-state index contributed by atoms with van der Waals surface area (Å²) in [6.07, 6.45) is 5.62. The number of aryl methyl sites for hydroxylation is 1. The third-order valence-corrected chi connectivity index (χ3v) is 4.01. The summed E-state index contributed by atoms with van der Waals surface area (Å²) in [5, 5.41) is 7.10. The number of hydrogen-bond acceptors (Lipinski definition) is 4. The van der Waals surface area contributed by atoms with Gasteiger partial charge in [0.05, 0.1) is 0 Å². The average molecular weight is 293 g/mol. The molecule has 1 N–H and O–H groups in total. The Morgan fingerprint density at radius 2 is 2.14 bits per heavy atom. The summed E-state index contributed by atoms with van der Waals surface area (Å²) < 4.78 is 5.21. The first-order chi connectivity index (χ1) is 9.84. The quantitative estimate of drug-likeness (QED) is 0.926. The van der Waals surface area contributed by atoms with Crippen LogP contribution in [0.5, 0.6) is 0 Å². The average Bonchev–Trinajstić information content (AvgIpc) is 2.85. The Morgan fingerprint density at radius 3 is 2.76 bits per heavy atom. The molecule has 0 radical (unpaired) electrons. The zero-order valence-corrected chi connectivity index (χ0v) is 13.6. The van der Waals surface area contributed by atoms with Crippen molar-refractivity contribution >= 4 is 5.91 Å². The van der Waals surface area contributed by atoms with Crippen LogP contribution in [0.1, 0.15) is 71.5 Å². The van der Waals surface area contributed by atoms with E-state index >= 15 is 0 Å². The molecular formula is C16H27N3O2. The van der Waals surface area contributed by atoms with Gasteiger partial charge in [-0.05, 0) is 18.8 Å². The molecule has 1 aliphatic rings. The van der Waals surface area contributed by atoms with Crippen molar-refractivity contribution in [3.05, 3.63) is 11.7 Å². The molecule has 21 heavy (non-hydrogen) atoms. The van der Waals surface area contributed by atoms with Crippen LogP contribution in [0.3, 0.4) is 0 Å². The highest BCUT2D eigenvalue weighted by molar-refractivity contribution is 5.76. The molecule has 5 heteroatoms. The van der Waals surface area contributed by atoms with Gasteiger partial charge in [-0.25, -0.2) is 0 Å². The summed E-state index contributed by atoms with van der Waals surface area (Å²) in [5.41, 5.74) is -0.123. The van der Waals surface area contributed by atoms with Crippen molar-refractivity contribution in [2.45, 2.75) is 77.7 Å². The predicted molar refractivity (Wildman–Crippen MR) is 80.9 cm³/mol. The number of carbonyl (C=O) groups is 1. The number of aromatic nitrogens is 2. The Hall–Kier alpha value is -1.39. The zero-order valence-electron chi connectivity index (χ0n) is 13.6. The highest BCUT2D eigenvalue weighted by atomic mass is 16.5. The molecule has 1 heterocycles. The molecule has 2 rings (SSSR count). The van der Waals surface area contributed by atoms with E-state index in [-0.39, 0.29) is 11.3 Å². The maximum atomic E-state index is 12.0. The topological polar surface area (TPSA) is 68.0 Å². The van der Waals surface area contributed by atoms with Crippen LogP contribution >= 0.6 is 0 Å². The second kappa shape index (κ2) is 6.58. The van der Waals surface area contributed by atoms with E-state index in [0.717, 1.165) is 12.8 Å². The predicted octanol–water partition coefficient (Wildman–Crippen LogP) is 2.99. The van der Waals surface area contributed by atoms with Gasteiger partial charge in [0.15, 0.2) is 5.82 Å². The Balaban J connectivity index is 1.77. The summed E-state index contributed by atoms with van der Waals surface area (Å²) >= 11 is 0. The lowest BCUT2D eigenvalue weighted by atomic mass is 9.87. The molecule has 1 aromatic rings. The smallest absolute Gasteiger partial charge is 0.227 e. The Morgan fingerprint density at radius 1 is 1.38 bits per heavy atom. The lowest BCUT2D eigenvalue weighted by Gasteiger charge is -2.27. The van der Waals surface area contributed by atoms with Crippen LogP contribution in [0.25, 0.3) is 0 Å². The molecule has 0 spiro atoms. The second-order valence-corrected chi connectivity index (χ2v) is 7.30. The van der Waals surface area contributed by atoms with Crippen molar-refractivity contribution in [3.63, 3.8) is 0 Å². The molecule has 1 saturated carbocycles. The maximum absolute atomic E-state index is 12.0. The molecule has 5 nitrogen and oxygen atoms in total. The van der Waals surface area contributed by atoms with Gasteiger partial charge < -0.3 is 9.84 Å². The molecule has 1 aliphatic carbocycles. The van der Waals surface area contributed by atoms with Gasteiger partial charge in [-0.15, -0.1) is 0 Å². The van der Waals surface area contributed by atoms with Gasteiger partial charge in [-0.2, -0.15) is 4.98 Å². The van der Waals surface area contributed by atoms with E-state index in [1.54, 1.807) is 0 Å². The highest BCUT2D eigenvalue weighted by Gasteiger charge is 2.22. The molecule has 0 unspecified atom stereocenters. The van der Waals surface area contributed by atoms with Crippen molar-refractivity contribution < 1.29 is 9.32 Å². The minimum atomic E-state index is -0.123. The van der Waals surface area contributed by atoms with Crippen LogP contribution < -0.4 is 5.32 Å². The van der Waals surface area contributed by atoms with Crippen LogP contribution in [0, 0.1) is 5.92 Å². The zero-order chi connectivity index (χ0) is 15.5. The fourth-order valence-electron chi connectivity index (χ4n) is 2.75. The Labute approximate surface area is 126 Å². The van der Waals surface area contributed by atoms with Gasteiger partial charge in [0, 0.05) is 24.3 Å². The molecule has 2 atom stereocenters. The molecule has 0 aromatic carbocycles. The van der Waals surface area contributed by atoms with Gasteiger partial charge in [0.1, 0.15) is 0 Å². The summed E-state index contributed by atoms with van der Waals surface area (Å²) in [5.74, 6) is 2.05. The van der Waals surface area contributed by atoms with Crippen molar-refractivity contribution in [3.8, 4) is 0 Å². The molecule has 1 aromatic heterocycles. The van der Waals surface area contributed by atoms with E-state index < -0.39 is 0 Å². The summed E-state index contributed by atoms with van der Waals surface area (Å²) in [4.78, 5) is 16.3. The third kappa shape index (κ3) is 4.83. The molecule has 0 bridgehead atoms. The Kier molecular flexibility index (Phi) is 5.01. The van der Waals surface area contributed by atoms with Gasteiger partial charge in [-0.3, -0.25) is 4.79 Å². The minimum Gasteiger partial charge on any atom is -0.353 e. The molecule has 0 aliphatic heterocycles. The minimum absolute atomic E-state index is 0.0876. The summed E-state index contributed by atoms with van der Waals surface area (Å²) in [6, 6.07) is 0.342. The SMILES string of the molecule is C[C@@H]1CCC[C@H](NC(=O)CCc2nc(C(C)(C)C)no2)C1. The fourth-order valence-corrected chi connectivity index (χ4v) is 2.75. The monoisotopic (exact) mass is 293 g/mol. The Bertz CT molecular complexity index is 476. The van der Waals surface area contributed by atoms with Crippen LogP contribution in [0.2, 0.25) is 0 Å². The number of hydrogen-bond donors (Lipinski definition) is 1. The largest absolute Gasteiger partial charge is 0.353 e. The first-order valence-electron chi connectivity index (χ1n) is 7.97. The highest BCUT2D eigenvalue weighted by Crippen LogP contribution is 2.23. The van der Waals surface area contributed by atoms with Crippen molar-refractivity contribution in [2.75, 3.05) is 0 Å². The number of rotatable bonds is 4. The normalized spacial score (nSPS) is 23.0. The first-order valence-corrected chi connectivity index (χ1v) is 7.97. The van der Waals surface area contributed by atoms with Gasteiger partial charge >= 0.3 is 0 Å². The molecule has 0 saturated heterocycles. The molecule has 118 valence electrons. The van der Waals surface area contributed by atoms with E-state index in [4.69, 9.17) is 4.52 Å². The van der Waals surface area contributed by atoms with E-state index in [0.29, 0.717) is 36.5 Å². The van der Waals surface area contributed by atoms with E-state index in [1.807, 2.05) is 20.8 Å². The van der Waals surface area contributed by atoms with Gasteiger partial charge in [0.25, 0.3) is 0 Å². The fraction of sp³-hybridized carbons (Fsp3) is 0.812. The van der Waals surface area contributed by atoms with Crippen molar-refractivity contribution in [1.29, 1.82) is 0 Å². The van der Waals surface area contributed by atoms with Crippen molar-refractivity contribution in [2.24, 2.45) is 5.92 Å². The lowest BCUT2D eigenvalue weighted by molar-refractivity contribution is -0.122. The number of carbonyl (C=O) groups excluding carboxylic acids is 1. The standard InChI is InChI=1S/C16H27N3O2/c1-11-6-5-7-12(10-11)17-13(20)8-9-14-18-15(19-21-14)16(2,3)4/h11-12H,5-10H2,1-4H3,(H,17,20)/t11-,12+/m1/s1. The van der Waals surface area contributed by atoms with Gasteiger partial charge in [-0.1, -0.05) is 45.7 Å². The first kappa shape index (κ1) is 16.0. The third-order valence-electron chi connectivity index (χ3n) is 4.01. The summed E-state index contributed by atoms with van der Waals surface area (Å²) in [6.45, 7) is 8.38. The van der Waals surface area contributed by atoms with Crippen LogP contribution in [0.15, 0.2) is 4.52 Å². The van der Waals surface area contributed by atoms with Gasteiger partial charge in [0.2, 0.25) is 11.8 Å². The maximum Gasteiger partial charge on any atom is 0.227 e. The number of nitrogens with one attached hydrogen (secondary N) is 1.